The van der Waals surface area contributed by atoms with Crippen LogP contribution in [0.2, 0.25) is 0 Å². The summed E-state index contributed by atoms with van der Waals surface area (Å²) in [4.78, 5) is 41.5. The Bertz CT molecular complexity index is 1550. The van der Waals surface area contributed by atoms with E-state index in [9.17, 15) is 22.8 Å². The van der Waals surface area contributed by atoms with Crippen molar-refractivity contribution in [3.8, 4) is 0 Å². The molecule has 2 aliphatic heterocycles. The first kappa shape index (κ1) is 26.1. The van der Waals surface area contributed by atoms with Crippen LogP contribution >= 0.6 is 0 Å². The van der Waals surface area contributed by atoms with Gasteiger partial charge in [0, 0.05) is 24.9 Å². The van der Waals surface area contributed by atoms with Gasteiger partial charge in [-0.2, -0.15) is 4.31 Å². The van der Waals surface area contributed by atoms with Gasteiger partial charge in [0.05, 0.1) is 28.8 Å². The maximum atomic E-state index is 13.7. The van der Waals surface area contributed by atoms with Gasteiger partial charge in [0.2, 0.25) is 21.8 Å². The Kier molecular flexibility index (Phi) is 6.32. The lowest BCUT2D eigenvalue weighted by Gasteiger charge is -2.45. The molecule has 0 spiro atoms. The molecule has 41 heavy (non-hydrogen) atoms. The van der Waals surface area contributed by atoms with Gasteiger partial charge in [-0.1, -0.05) is 55.0 Å². The number of amides is 2. The number of benzene rings is 3. The van der Waals surface area contributed by atoms with Gasteiger partial charge in [-0.15, -0.1) is 0 Å². The van der Waals surface area contributed by atoms with Crippen molar-refractivity contribution in [2.24, 2.45) is 11.8 Å². The van der Waals surface area contributed by atoms with Gasteiger partial charge in [0.25, 0.3) is 0 Å². The topological polar surface area (TPSA) is 101 Å². The fraction of sp³-hybridized carbons (Fsp3) is 0.344. The molecule has 8 nitrogen and oxygen atoms in total. The molecule has 5 aliphatic rings. The van der Waals surface area contributed by atoms with E-state index in [-0.39, 0.29) is 47.3 Å². The quantitative estimate of drug-likeness (QED) is 0.329. The van der Waals surface area contributed by atoms with E-state index < -0.39 is 27.8 Å². The van der Waals surface area contributed by atoms with Crippen LogP contribution in [0.5, 0.6) is 0 Å². The molecular weight excluding hydrogens is 540 g/mol. The minimum absolute atomic E-state index is 0.0238. The van der Waals surface area contributed by atoms with Crippen LogP contribution in [-0.2, 0) is 24.3 Å². The van der Waals surface area contributed by atoms with Crippen molar-refractivity contribution in [3.63, 3.8) is 0 Å². The third-order valence-corrected chi connectivity index (χ3v) is 11.0. The number of hydrogen-bond donors (Lipinski definition) is 0. The minimum Gasteiger partial charge on any atom is -0.460 e. The van der Waals surface area contributed by atoms with E-state index in [0.717, 1.165) is 41.5 Å². The molecule has 0 aromatic heterocycles. The smallest absolute Gasteiger partial charge is 0.338 e. The highest BCUT2D eigenvalue weighted by Crippen LogP contribution is 2.60. The van der Waals surface area contributed by atoms with Crippen LogP contribution in [-0.4, -0.2) is 61.6 Å². The third kappa shape index (κ3) is 4.05. The first-order chi connectivity index (χ1) is 19.9. The van der Waals surface area contributed by atoms with Crippen molar-refractivity contribution >= 4 is 27.8 Å². The normalized spacial score (nSPS) is 25.0. The lowest BCUT2D eigenvalue weighted by molar-refractivity contribution is -0.140. The van der Waals surface area contributed by atoms with Crippen molar-refractivity contribution < 1.29 is 27.5 Å². The average Bonchev–Trinajstić information content (AvgIpc) is 3.27. The van der Waals surface area contributed by atoms with Gasteiger partial charge in [-0.3, -0.25) is 14.5 Å². The van der Waals surface area contributed by atoms with E-state index in [2.05, 4.69) is 24.3 Å². The van der Waals surface area contributed by atoms with E-state index >= 15 is 0 Å². The predicted octanol–water partition coefficient (Wildman–Crippen LogP) is 3.91. The molecule has 2 amide bonds. The van der Waals surface area contributed by atoms with Crippen LogP contribution in [0, 0.1) is 11.8 Å². The summed E-state index contributed by atoms with van der Waals surface area (Å²) in [6, 6.07) is 21.9. The lowest BCUT2D eigenvalue weighted by Crippen LogP contribution is -2.41. The Labute approximate surface area is 239 Å². The zero-order chi connectivity index (χ0) is 28.3. The number of likely N-dealkylation sites (tertiary alicyclic amines) is 1. The van der Waals surface area contributed by atoms with Gasteiger partial charge >= 0.3 is 5.97 Å². The Morgan fingerprint density at radius 1 is 0.732 bits per heavy atom. The number of nitrogens with zero attached hydrogens (tertiary/aromatic N) is 2. The molecule has 2 heterocycles. The number of carbonyl (C=O) groups excluding carboxylic acids is 3. The Morgan fingerprint density at radius 2 is 1.22 bits per heavy atom. The molecular formula is C32H30N2O6S. The summed E-state index contributed by atoms with van der Waals surface area (Å²) in [6.07, 6.45) is 2.71. The second-order valence-electron chi connectivity index (χ2n) is 11.2. The molecule has 0 N–H and O–H groups in total. The number of imide groups is 1. The summed E-state index contributed by atoms with van der Waals surface area (Å²) >= 11 is 0. The Morgan fingerprint density at radius 3 is 1.71 bits per heavy atom. The number of rotatable bonds is 6. The molecule has 2 saturated heterocycles. The van der Waals surface area contributed by atoms with Crippen molar-refractivity contribution in [3.05, 3.63) is 101 Å². The van der Waals surface area contributed by atoms with Crippen molar-refractivity contribution in [2.75, 3.05) is 26.2 Å². The fourth-order valence-corrected chi connectivity index (χ4v) is 8.81. The number of piperidine rings is 1. The number of ether oxygens (including phenoxy) is 1. The van der Waals surface area contributed by atoms with E-state index in [1.807, 2.05) is 24.3 Å². The first-order valence-electron chi connectivity index (χ1n) is 14.2. The van der Waals surface area contributed by atoms with Crippen LogP contribution in [0.4, 0.5) is 0 Å². The molecule has 2 fully saturated rings. The second-order valence-corrected chi connectivity index (χ2v) is 13.2. The van der Waals surface area contributed by atoms with Crippen LogP contribution < -0.4 is 0 Å². The van der Waals surface area contributed by atoms with Crippen LogP contribution in [0.3, 0.4) is 0 Å². The SMILES string of the molecule is O=C(OCCN1C(=O)[C@H]2C3c4ccccc4C(c4ccccc43)[C@@H]2C1=O)c1ccc(S(=O)(=O)N2CCCCC2)cc1. The monoisotopic (exact) mass is 570 g/mol. The lowest BCUT2D eigenvalue weighted by atomic mass is 9.55. The first-order valence-corrected chi connectivity index (χ1v) is 15.6. The van der Waals surface area contributed by atoms with Gasteiger partial charge in [-0.05, 0) is 59.4 Å². The summed E-state index contributed by atoms with van der Waals surface area (Å²) in [5.74, 6) is -2.37. The maximum absolute atomic E-state index is 13.7. The van der Waals surface area contributed by atoms with Crippen molar-refractivity contribution in [2.45, 2.75) is 36.0 Å². The van der Waals surface area contributed by atoms with E-state index in [1.54, 1.807) is 0 Å². The third-order valence-electron chi connectivity index (χ3n) is 9.13. The molecule has 210 valence electrons. The van der Waals surface area contributed by atoms with Crippen LogP contribution in [0.1, 0.15) is 63.7 Å². The molecule has 2 bridgehead atoms. The molecule has 9 heteroatoms. The molecule has 3 aliphatic carbocycles. The average molecular weight is 571 g/mol. The summed E-state index contributed by atoms with van der Waals surface area (Å²) in [5, 5.41) is 0. The maximum Gasteiger partial charge on any atom is 0.338 e. The van der Waals surface area contributed by atoms with Crippen LogP contribution in [0.25, 0.3) is 0 Å². The van der Waals surface area contributed by atoms with Gasteiger partial charge in [0.1, 0.15) is 6.61 Å². The number of esters is 1. The predicted molar refractivity (Wildman–Crippen MR) is 150 cm³/mol. The Balaban J connectivity index is 1.04. The zero-order valence-corrected chi connectivity index (χ0v) is 23.3. The fourth-order valence-electron chi connectivity index (χ4n) is 7.29. The standard InChI is InChI=1S/C32H30N2O6S/c35-30-28-26-22-8-2-3-9-23(22)27(25-11-5-4-10-24(25)26)29(28)31(36)34(30)18-19-40-32(37)20-12-14-21(15-13-20)41(38,39)33-16-6-1-7-17-33/h2-5,8-15,26-29H,1,6-7,16-19H2/t26?,27?,28-,29-/m0/s1. The summed E-state index contributed by atoms with van der Waals surface area (Å²) in [6.45, 7) is 0.839. The van der Waals surface area contributed by atoms with E-state index in [4.69, 9.17) is 4.74 Å². The van der Waals surface area contributed by atoms with Crippen molar-refractivity contribution in [1.82, 2.24) is 9.21 Å². The Hall–Kier alpha value is -3.82. The molecule has 0 unspecified atom stereocenters. The zero-order valence-electron chi connectivity index (χ0n) is 22.4. The van der Waals surface area contributed by atoms with E-state index in [1.165, 1.54) is 33.5 Å². The highest BCUT2D eigenvalue weighted by molar-refractivity contribution is 7.89. The molecule has 8 rings (SSSR count). The molecule has 3 aromatic carbocycles. The van der Waals surface area contributed by atoms with Gasteiger partial charge in [-0.25, -0.2) is 13.2 Å². The summed E-state index contributed by atoms with van der Waals surface area (Å²) in [7, 11) is -3.60. The van der Waals surface area contributed by atoms with Gasteiger partial charge < -0.3 is 4.74 Å². The highest BCUT2D eigenvalue weighted by atomic mass is 32.2. The minimum atomic E-state index is -3.60. The highest BCUT2D eigenvalue weighted by Gasteiger charge is 2.61. The van der Waals surface area contributed by atoms with Crippen molar-refractivity contribution in [1.29, 1.82) is 0 Å². The summed E-state index contributed by atoms with van der Waals surface area (Å²) in [5.41, 5.74) is 4.64. The molecule has 0 radical (unpaired) electrons. The van der Waals surface area contributed by atoms with E-state index in [0.29, 0.717) is 13.1 Å². The molecule has 2 atom stereocenters. The molecule has 3 aromatic rings. The van der Waals surface area contributed by atoms with Gasteiger partial charge in [0.15, 0.2) is 0 Å². The number of carbonyl (C=O) groups is 3. The second kappa shape index (κ2) is 9.92. The largest absolute Gasteiger partial charge is 0.460 e. The summed E-state index contributed by atoms with van der Waals surface area (Å²) < 4.78 is 32.7. The number of sulfonamides is 1. The molecule has 0 saturated carbocycles. The van der Waals surface area contributed by atoms with Crippen LogP contribution in [0.15, 0.2) is 77.7 Å². The number of hydrogen-bond acceptors (Lipinski definition) is 6.